The summed E-state index contributed by atoms with van der Waals surface area (Å²) >= 11 is 6.10. The zero-order valence-corrected chi connectivity index (χ0v) is 16.9. The molecule has 1 heterocycles. The fourth-order valence-corrected chi connectivity index (χ4v) is 3.84. The molecule has 0 spiro atoms. The van der Waals surface area contributed by atoms with E-state index in [0.29, 0.717) is 11.6 Å². The Morgan fingerprint density at radius 3 is 2.63 bits per heavy atom. The number of carbonyl (C=O) groups is 1. The van der Waals surface area contributed by atoms with E-state index in [1.165, 1.54) is 24.1 Å². The van der Waals surface area contributed by atoms with Gasteiger partial charge in [-0.1, -0.05) is 48.9 Å². The molecule has 3 rings (SSSR count). The third-order valence-corrected chi connectivity index (χ3v) is 5.38. The number of anilines is 1. The Kier molecular flexibility index (Phi) is 6.62. The van der Waals surface area contributed by atoms with Crippen LogP contribution in [0.5, 0.6) is 0 Å². The maximum atomic E-state index is 12.8. The van der Waals surface area contributed by atoms with Crippen molar-refractivity contribution in [3.05, 3.63) is 64.7 Å². The number of amides is 2. The van der Waals surface area contributed by atoms with Crippen LogP contribution in [-0.2, 0) is 6.54 Å². The minimum Gasteiger partial charge on any atom is -0.371 e. The second-order valence-electron chi connectivity index (χ2n) is 7.14. The summed E-state index contributed by atoms with van der Waals surface area (Å²) in [6, 6.07) is 16.0. The molecule has 0 aromatic heterocycles. The van der Waals surface area contributed by atoms with Crippen LogP contribution in [0, 0.1) is 0 Å². The lowest BCUT2D eigenvalue weighted by Gasteiger charge is -2.26. The molecule has 1 unspecified atom stereocenters. The lowest BCUT2D eigenvalue weighted by Crippen LogP contribution is -2.39. The number of carbonyl (C=O) groups excluding carboxylic acids is 1. The van der Waals surface area contributed by atoms with Crippen molar-refractivity contribution in [2.45, 2.75) is 38.8 Å². The molecule has 2 aromatic rings. The highest BCUT2D eigenvalue weighted by atomic mass is 35.5. The van der Waals surface area contributed by atoms with Crippen LogP contribution in [0.3, 0.4) is 0 Å². The van der Waals surface area contributed by atoms with Crippen LogP contribution < -0.4 is 10.2 Å². The van der Waals surface area contributed by atoms with Crippen molar-refractivity contribution in [1.29, 1.82) is 0 Å². The van der Waals surface area contributed by atoms with Crippen LogP contribution in [0.25, 0.3) is 0 Å². The van der Waals surface area contributed by atoms with Gasteiger partial charge in [-0.15, -0.1) is 0 Å². The van der Waals surface area contributed by atoms with E-state index in [4.69, 9.17) is 11.6 Å². The van der Waals surface area contributed by atoms with Crippen molar-refractivity contribution in [2.75, 3.05) is 25.0 Å². The minimum absolute atomic E-state index is 0.0486. The number of nitrogens with zero attached hydrogens (tertiary/aromatic N) is 2. The minimum atomic E-state index is -0.0712. The van der Waals surface area contributed by atoms with Gasteiger partial charge in [-0.3, -0.25) is 0 Å². The molecule has 1 aliphatic heterocycles. The van der Waals surface area contributed by atoms with E-state index >= 15 is 0 Å². The second-order valence-corrected chi connectivity index (χ2v) is 7.58. The molecule has 144 valence electrons. The van der Waals surface area contributed by atoms with Crippen molar-refractivity contribution < 1.29 is 4.79 Å². The fraction of sp³-hybridized carbons (Fsp3) is 0.409. The Morgan fingerprint density at radius 2 is 1.93 bits per heavy atom. The molecule has 1 fully saturated rings. The zero-order chi connectivity index (χ0) is 19.2. The molecule has 0 bridgehead atoms. The van der Waals surface area contributed by atoms with E-state index in [2.05, 4.69) is 35.3 Å². The van der Waals surface area contributed by atoms with Gasteiger partial charge < -0.3 is 15.1 Å². The maximum Gasteiger partial charge on any atom is 0.317 e. The first-order valence-electron chi connectivity index (χ1n) is 9.68. The van der Waals surface area contributed by atoms with Crippen molar-refractivity contribution in [2.24, 2.45) is 0 Å². The predicted octanol–water partition coefficient (Wildman–Crippen LogP) is 5.23. The van der Waals surface area contributed by atoms with Crippen molar-refractivity contribution >= 4 is 23.3 Å². The van der Waals surface area contributed by atoms with E-state index in [0.717, 1.165) is 25.1 Å². The molecule has 4 nitrogen and oxygen atoms in total. The highest BCUT2D eigenvalue weighted by Gasteiger charge is 2.19. The predicted molar refractivity (Wildman–Crippen MR) is 112 cm³/mol. The van der Waals surface area contributed by atoms with E-state index in [-0.39, 0.29) is 12.1 Å². The number of benzene rings is 2. The molecule has 2 amide bonds. The molecule has 2 aromatic carbocycles. The molecule has 1 saturated heterocycles. The Bertz CT molecular complexity index is 774. The number of halogens is 1. The maximum absolute atomic E-state index is 12.8. The standard InChI is InChI=1S/C22H28ClN3O/c1-3-20(17-10-8-11-19(23)15-17)24-22(27)25(2)16-18-9-4-5-12-21(18)26-13-6-7-14-26/h4-5,8-12,15,20H,3,6-7,13-14,16H2,1-2H3,(H,24,27). The molecule has 1 N–H and O–H groups in total. The summed E-state index contributed by atoms with van der Waals surface area (Å²) in [5.41, 5.74) is 3.47. The van der Waals surface area contributed by atoms with Crippen molar-refractivity contribution in [3.8, 4) is 0 Å². The van der Waals surface area contributed by atoms with Crippen LogP contribution in [-0.4, -0.2) is 31.1 Å². The van der Waals surface area contributed by atoms with Crippen molar-refractivity contribution in [3.63, 3.8) is 0 Å². The second kappa shape index (κ2) is 9.14. The first kappa shape index (κ1) is 19.6. The number of nitrogens with one attached hydrogen (secondary N) is 1. The summed E-state index contributed by atoms with van der Waals surface area (Å²) in [7, 11) is 1.85. The van der Waals surface area contributed by atoms with Crippen molar-refractivity contribution in [1.82, 2.24) is 10.2 Å². The van der Waals surface area contributed by atoms with Gasteiger partial charge >= 0.3 is 6.03 Å². The Hall–Kier alpha value is -2.20. The molecule has 5 heteroatoms. The summed E-state index contributed by atoms with van der Waals surface area (Å²) in [4.78, 5) is 16.9. The van der Waals surface area contributed by atoms with E-state index in [1.807, 2.05) is 37.4 Å². The molecule has 0 aliphatic carbocycles. The number of urea groups is 1. The van der Waals surface area contributed by atoms with Gasteiger partial charge in [0.1, 0.15) is 0 Å². The molecule has 27 heavy (non-hydrogen) atoms. The van der Waals surface area contributed by atoms with Gasteiger partial charge in [0.25, 0.3) is 0 Å². The average molecular weight is 386 g/mol. The van der Waals surface area contributed by atoms with Crippen LogP contribution in [0.1, 0.15) is 43.4 Å². The molecule has 0 saturated carbocycles. The lowest BCUT2D eigenvalue weighted by molar-refractivity contribution is 0.202. The lowest BCUT2D eigenvalue weighted by atomic mass is 10.0. The van der Waals surface area contributed by atoms with Crippen LogP contribution in [0.4, 0.5) is 10.5 Å². The van der Waals surface area contributed by atoms with Gasteiger partial charge in [0, 0.05) is 37.4 Å². The van der Waals surface area contributed by atoms with E-state index < -0.39 is 0 Å². The van der Waals surface area contributed by atoms with Gasteiger partial charge in [0.05, 0.1) is 6.04 Å². The summed E-state index contributed by atoms with van der Waals surface area (Å²) in [5.74, 6) is 0. The van der Waals surface area contributed by atoms with Gasteiger partial charge in [0.2, 0.25) is 0 Å². The van der Waals surface area contributed by atoms with Crippen LogP contribution in [0.15, 0.2) is 48.5 Å². The number of para-hydroxylation sites is 1. The number of hydrogen-bond acceptors (Lipinski definition) is 2. The molecular weight excluding hydrogens is 358 g/mol. The third-order valence-electron chi connectivity index (χ3n) is 5.15. The SMILES string of the molecule is CCC(NC(=O)N(C)Cc1ccccc1N1CCCC1)c1cccc(Cl)c1. The molecular formula is C22H28ClN3O. The third kappa shape index (κ3) is 4.95. The topological polar surface area (TPSA) is 35.6 Å². The largest absolute Gasteiger partial charge is 0.371 e. The summed E-state index contributed by atoms with van der Waals surface area (Å²) in [6.07, 6.45) is 3.29. The van der Waals surface area contributed by atoms with Gasteiger partial charge in [-0.25, -0.2) is 4.79 Å². The Labute approximate surface area is 167 Å². The Morgan fingerprint density at radius 1 is 1.19 bits per heavy atom. The zero-order valence-electron chi connectivity index (χ0n) is 16.1. The quantitative estimate of drug-likeness (QED) is 0.738. The van der Waals surface area contributed by atoms with Crippen LogP contribution >= 0.6 is 11.6 Å². The first-order chi connectivity index (χ1) is 13.1. The summed E-state index contributed by atoms with van der Waals surface area (Å²) in [5, 5.41) is 3.82. The molecule has 1 atom stereocenters. The Balaban J connectivity index is 1.67. The smallest absolute Gasteiger partial charge is 0.317 e. The highest BCUT2D eigenvalue weighted by Crippen LogP contribution is 2.26. The molecule has 1 aliphatic rings. The number of rotatable bonds is 6. The van der Waals surface area contributed by atoms with Gasteiger partial charge in [-0.2, -0.15) is 0 Å². The summed E-state index contributed by atoms with van der Waals surface area (Å²) in [6.45, 7) is 4.85. The highest BCUT2D eigenvalue weighted by molar-refractivity contribution is 6.30. The van der Waals surface area contributed by atoms with Gasteiger partial charge in [-0.05, 0) is 48.6 Å². The number of hydrogen-bond donors (Lipinski definition) is 1. The average Bonchev–Trinajstić information content (AvgIpc) is 3.20. The van der Waals surface area contributed by atoms with Gasteiger partial charge in [0.15, 0.2) is 0 Å². The first-order valence-corrected chi connectivity index (χ1v) is 10.1. The molecule has 0 radical (unpaired) electrons. The van der Waals surface area contributed by atoms with E-state index in [1.54, 1.807) is 4.90 Å². The van der Waals surface area contributed by atoms with Crippen LogP contribution in [0.2, 0.25) is 5.02 Å². The normalized spacial score (nSPS) is 14.9. The fourth-order valence-electron chi connectivity index (χ4n) is 3.64. The summed E-state index contributed by atoms with van der Waals surface area (Å²) < 4.78 is 0. The monoisotopic (exact) mass is 385 g/mol. The van der Waals surface area contributed by atoms with E-state index in [9.17, 15) is 4.79 Å².